The van der Waals surface area contributed by atoms with Gasteiger partial charge in [0.25, 0.3) is 0 Å². The second-order valence-corrected chi connectivity index (χ2v) is 7.09. The Bertz CT molecular complexity index is 598. The molecule has 0 saturated carbocycles. The van der Waals surface area contributed by atoms with Crippen molar-refractivity contribution in [3.05, 3.63) is 0 Å². The molecule has 4 unspecified atom stereocenters. The van der Waals surface area contributed by atoms with E-state index in [9.17, 15) is 24.0 Å². The van der Waals surface area contributed by atoms with Gasteiger partial charge in [0.1, 0.15) is 18.1 Å². The number of hydrogen-bond donors (Lipinski definition) is 7. The SMILES string of the molecule is CC(C)CC(NC(=O)C(CC(=O)O)NC(=O)C(C)N)C(=O)NC(CS)C(=O)O. The van der Waals surface area contributed by atoms with Crippen molar-refractivity contribution in [2.75, 3.05) is 5.75 Å². The van der Waals surface area contributed by atoms with Crippen LogP contribution >= 0.6 is 12.6 Å². The van der Waals surface area contributed by atoms with Gasteiger partial charge in [-0.05, 0) is 19.3 Å². The van der Waals surface area contributed by atoms with Crippen LogP contribution in [0.4, 0.5) is 0 Å². The van der Waals surface area contributed by atoms with Crippen molar-refractivity contribution >= 4 is 42.3 Å². The Morgan fingerprint density at radius 3 is 1.71 bits per heavy atom. The van der Waals surface area contributed by atoms with Crippen LogP contribution in [0.25, 0.3) is 0 Å². The smallest absolute Gasteiger partial charge is 0.327 e. The number of thiol groups is 1. The summed E-state index contributed by atoms with van der Waals surface area (Å²) in [5.74, 6) is -5.21. The molecule has 3 amide bonds. The van der Waals surface area contributed by atoms with Gasteiger partial charge in [-0.25, -0.2) is 4.79 Å². The van der Waals surface area contributed by atoms with Gasteiger partial charge in [0, 0.05) is 5.75 Å². The molecule has 0 bridgehead atoms. The monoisotopic (exact) mass is 420 g/mol. The van der Waals surface area contributed by atoms with Crippen LogP contribution < -0.4 is 21.7 Å². The number of hydrogen-bond acceptors (Lipinski definition) is 7. The summed E-state index contributed by atoms with van der Waals surface area (Å²) in [6, 6.07) is -4.79. The summed E-state index contributed by atoms with van der Waals surface area (Å²) in [5, 5.41) is 24.9. The second kappa shape index (κ2) is 12.2. The number of carboxylic acids is 2. The Hall–Kier alpha value is -2.34. The van der Waals surface area contributed by atoms with E-state index in [0.717, 1.165) is 0 Å². The van der Waals surface area contributed by atoms with E-state index < -0.39 is 60.2 Å². The number of amides is 3. The third-order valence-electron chi connectivity index (χ3n) is 3.56. The van der Waals surface area contributed by atoms with Gasteiger partial charge in [-0.3, -0.25) is 19.2 Å². The molecule has 0 aliphatic carbocycles. The quantitative estimate of drug-likeness (QED) is 0.182. The molecule has 28 heavy (non-hydrogen) atoms. The number of nitrogens with two attached hydrogens (primary N) is 1. The van der Waals surface area contributed by atoms with E-state index >= 15 is 0 Å². The first-order chi connectivity index (χ1) is 12.9. The molecule has 0 heterocycles. The van der Waals surface area contributed by atoms with Gasteiger partial charge in [-0.2, -0.15) is 12.6 Å². The Labute approximate surface area is 168 Å². The van der Waals surface area contributed by atoms with Gasteiger partial charge in [-0.1, -0.05) is 13.8 Å². The summed E-state index contributed by atoms with van der Waals surface area (Å²) >= 11 is 3.86. The lowest BCUT2D eigenvalue weighted by Crippen LogP contribution is -2.57. The van der Waals surface area contributed by atoms with Crippen LogP contribution in [0.1, 0.15) is 33.6 Å². The zero-order chi connectivity index (χ0) is 22.0. The molecule has 0 spiro atoms. The molecule has 160 valence electrons. The van der Waals surface area contributed by atoms with Crippen LogP contribution in [0.5, 0.6) is 0 Å². The van der Waals surface area contributed by atoms with Crippen LogP contribution in [0.3, 0.4) is 0 Å². The predicted molar refractivity (Wildman–Crippen MR) is 103 cm³/mol. The zero-order valence-corrected chi connectivity index (χ0v) is 16.9. The minimum absolute atomic E-state index is 0.0492. The van der Waals surface area contributed by atoms with Crippen molar-refractivity contribution in [1.82, 2.24) is 16.0 Å². The molecule has 0 saturated heterocycles. The third-order valence-corrected chi connectivity index (χ3v) is 3.93. The lowest BCUT2D eigenvalue weighted by molar-refractivity contribution is -0.143. The highest BCUT2D eigenvalue weighted by Gasteiger charge is 2.31. The van der Waals surface area contributed by atoms with Crippen molar-refractivity contribution in [3.63, 3.8) is 0 Å². The summed E-state index contributed by atoms with van der Waals surface area (Å²) in [4.78, 5) is 58.7. The third kappa shape index (κ3) is 9.55. The lowest BCUT2D eigenvalue weighted by atomic mass is 10.0. The molecule has 0 aromatic rings. The minimum Gasteiger partial charge on any atom is -0.481 e. The lowest BCUT2D eigenvalue weighted by Gasteiger charge is -2.25. The number of carbonyl (C=O) groups is 5. The number of carbonyl (C=O) groups excluding carboxylic acids is 3. The fraction of sp³-hybridized carbons (Fsp3) is 0.688. The maximum atomic E-state index is 12.5. The van der Waals surface area contributed by atoms with Gasteiger partial charge in [0.15, 0.2) is 0 Å². The first kappa shape index (κ1) is 25.7. The fourth-order valence-corrected chi connectivity index (χ4v) is 2.37. The predicted octanol–water partition coefficient (Wildman–Crippen LogP) is -1.68. The van der Waals surface area contributed by atoms with Crippen molar-refractivity contribution in [2.24, 2.45) is 11.7 Å². The van der Waals surface area contributed by atoms with E-state index in [1.165, 1.54) is 6.92 Å². The topological polar surface area (TPSA) is 188 Å². The van der Waals surface area contributed by atoms with Crippen LogP contribution in [-0.4, -0.2) is 69.8 Å². The number of aliphatic carboxylic acids is 2. The maximum Gasteiger partial charge on any atom is 0.327 e. The van der Waals surface area contributed by atoms with E-state index in [-0.39, 0.29) is 18.1 Å². The van der Waals surface area contributed by atoms with Gasteiger partial charge < -0.3 is 31.9 Å². The van der Waals surface area contributed by atoms with Crippen LogP contribution in [0.2, 0.25) is 0 Å². The molecule has 7 N–H and O–H groups in total. The van der Waals surface area contributed by atoms with E-state index in [1.54, 1.807) is 13.8 Å². The summed E-state index contributed by atoms with van der Waals surface area (Å²) < 4.78 is 0. The summed E-state index contributed by atoms with van der Waals surface area (Å²) in [5.41, 5.74) is 5.41. The highest BCUT2D eigenvalue weighted by Crippen LogP contribution is 2.07. The molecule has 11 nitrogen and oxygen atoms in total. The largest absolute Gasteiger partial charge is 0.481 e. The van der Waals surface area contributed by atoms with Crippen LogP contribution in [0.15, 0.2) is 0 Å². The first-order valence-electron chi connectivity index (χ1n) is 8.61. The van der Waals surface area contributed by atoms with Gasteiger partial charge in [0.2, 0.25) is 17.7 Å². The molecule has 4 atom stereocenters. The average Bonchev–Trinajstić information content (AvgIpc) is 2.56. The van der Waals surface area contributed by atoms with Crippen LogP contribution in [0, 0.1) is 5.92 Å². The Balaban J connectivity index is 5.36. The number of nitrogens with one attached hydrogen (secondary N) is 3. The van der Waals surface area contributed by atoms with E-state index in [4.69, 9.17) is 15.9 Å². The van der Waals surface area contributed by atoms with Crippen LogP contribution in [-0.2, 0) is 24.0 Å². The number of rotatable bonds is 12. The van der Waals surface area contributed by atoms with Crippen molar-refractivity contribution in [3.8, 4) is 0 Å². The number of carboxylic acid groups (broad SMARTS) is 2. The molecule has 12 heteroatoms. The van der Waals surface area contributed by atoms with Gasteiger partial charge in [0.05, 0.1) is 12.5 Å². The second-order valence-electron chi connectivity index (χ2n) is 6.72. The van der Waals surface area contributed by atoms with Gasteiger partial charge >= 0.3 is 11.9 Å². The molecular weight excluding hydrogens is 392 g/mol. The molecule has 0 rings (SSSR count). The summed E-state index contributed by atoms with van der Waals surface area (Å²) in [6.45, 7) is 4.93. The average molecular weight is 420 g/mol. The maximum absolute atomic E-state index is 12.5. The Morgan fingerprint density at radius 2 is 1.32 bits per heavy atom. The Morgan fingerprint density at radius 1 is 0.857 bits per heavy atom. The highest BCUT2D eigenvalue weighted by atomic mass is 32.1. The summed E-state index contributed by atoms with van der Waals surface area (Å²) in [6.07, 6.45) is -0.549. The fourth-order valence-electron chi connectivity index (χ4n) is 2.12. The molecule has 0 radical (unpaired) electrons. The Kier molecular flexibility index (Phi) is 11.2. The van der Waals surface area contributed by atoms with E-state index in [2.05, 4.69) is 28.6 Å². The van der Waals surface area contributed by atoms with Crippen molar-refractivity contribution < 1.29 is 34.2 Å². The normalized spacial score (nSPS) is 15.1. The first-order valence-corrected chi connectivity index (χ1v) is 9.24. The molecule has 0 aromatic heterocycles. The standard InChI is InChI=1S/C16H28N4O7S/c1-7(2)4-9(14(24)20-11(6-28)16(26)27)19-15(25)10(5-12(21)22)18-13(23)8(3)17/h7-11,28H,4-6,17H2,1-3H3,(H,18,23)(H,19,25)(H,20,24)(H,21,22)(H,26,27). The van der Waals surface area contributed by atoms with Gasteiger partial charge in [-0.15, -0.1) is 0 Å². The summed E-state index contributed by atoms with van der Waals surface area (Å²) in [7, 11) is 0. The van der Waals surface area contributed by atoms with Crippen molar-refractivity contribution in [2.45, 2.75) is 57.8 Å². The molecule has 0 aromatic carbocycles. The zero-order valence-electron chi connectivity index (χ0n) is 16.0. The van der Waals surface area contributed by atoms with E-state index in [0.29, 0.717) is 0 Å². The minimum atomic E-state index is -1.45. The molecule has 0 aliphatic rings. The van der Waals surface area contributed by atoms with E-state index in [1.807, 2.05) is 0 Å². The highest BCUT2D eigenvalue weighted by molar-refractivity contribution is 7.80. The molecule has 0 aliphatic heterocycles. The molecule has 0 fully saturated rings. The van der Waals surface area contributed by atoms with Crippen molar-refractivity contribution in [1.29, 1.82) is 0 Å². The molecular formula is C16H28N4O7S.